The van der Waals surface area contributed by atoms with E-state index < -0.39 is 8.32 Å². The Morgan fingerprint density at radius 1 is 1.24 bits per heavy atom. The molecule has 1 aliphatic rings. The van der Waals surface area contributed by atoms with Crippen LogP contribution in [0.5, 0.6) is 5.75 Å². The monoisotopic (exact) mass is 251 g/mol. The summed E-state index contributed by atoms with van der Waals surface area (Å²) in [5, 5.41) is 3.45. The number of ether oxygens (including phenoxy) is 1. The molecule has 1 atom stereocenters. The molecule has 0 spiro atoms. The van der Waals surface area contributed by atoms with E-state index in [-0.39, 0.29) is 0 Å². The standard InChI is InChI=1S/C13H21NO2Si/c1-17(2,3)16-12-6-4-11(5-7-12)13-10-15-9-8-14-13/h4-7,13-14H,8-10H2,1-3H3. The van der Waals surface area contributed by atoms with Crippen LogP contribution in [0, 0.1) is 0 Å². The predicted molar refractivity (Wildman–Crippen MR) is 72.0 cm³/mol. The average molecular weight is 251 g/mol. The molecule has 2 rings (SSSR count). The Morgan fingerprint density at radius 3 is 2.47 bits per heavy atom. The first-order valence-corrected chi connectivity index (χ1v) is 9.55. The molecule has 1 aromatic rings. The maximum absolute atomic E-state index is 5.93. The molecule has 1 aliphatic heterocycles. The van der Waals surface area contributed by atoms with Crippen molar-refractivity contribution in [2.75, 3.05) is 19.8 Å². The van der Waals surface area contributed by atoms with Crippen LogP contribution in [0.1, 0.15) is 11.6 Å². The fraction of sp³-hybridized carbons (Fsp3) is 0.538. The van der Waals surface area contributed by atoms with Crippen molar-refractivity contribution in [3.8, 4) is 5.75 Å². The van der Waals surface area contributed by atoms with E-state index >= 15 is 0 Å². The molecule has 1 fully saturated rings. The van der Waals surface area contributed by atoms with E-state index in [4.69, 9.17) is 9.16 Å². The van der Waals surface area contributed by atoms with Gasteiger partial charge in [-0.3, -0.25) is 0 Å². The third kappa shape index (κ3) is 3.83. The Morgan fingerprint density at radius 2 is 1.94 bits per heavy atom. The van der Waals surface area contributed by atoms with Gasteiger partial charge in [0.2, 0.25) is 8.32 Å². The van der Waals surface area contributed by atoms with E-state index in [9.17, 15) is 0 Å². The van der Waals surface area contributed by atoms with Gasteiger partial charge in [-0.05, 0) is 37.3 Å². The van der Waals surface area contributed by atoms with Crippen molar-refractivity contribution in [1.82, 2.24) is 5.32 Å². The molecule has 0 saturated carbocycles. The molecule has 94 valence electrons. The zero-order valence-electron chi connectivity index (χ0n) is 10.8. The van der Waals surface area contributed by atoms with Gasteiger partial charge in [0.25, 0.3) is 0 Å². The lowest BCUT2D eigenvalue weighted by Gasteiger charge is -2.25. The number of rotatable bonds is 3. The molecule has 17 heavy (non-hydrogen) atoms. The van der Waals surface area contributed by atoms with E-state index in [0.29, 0.717) is 6.04 Å². The van der Waals surface area contributed by atoms with E-state index in [2.05, 4.69) is 49.2 Å². The Kier molecular flexibility index (Phi) is 3.86. The van der Waals surface area contributed by atoms with Crippen molar-refractivity contribution in [2.24, 2.45) is 0 Å². The molecule has 0 aromatic heterocycles. The van der Waals surface area contributed by atoms with Gasteiger partial charge in [-0.1, -0.05) is 12.1 Å². The maximum atomic E-state index is 5.93. The van der Waals surface area contributed by atoms with E-state index in [1.54, 1.807) is 0 Å². The van der Waals surface area contributed by atoms with E-state index in [1.165, 1.54) is 5.56 Å². The van der Waals surface area contributed by atoms with Crippen LogP contribution in [-0.2, 0) is 4.74 Å². The van der Waals surface area contributed by atoms with Crippen LogP contribution >= 0.6 is 0 Å². The topological polar surface area (TPSA) is 30.5 Å². The van der Waals surface area contributed by atoms with Crippen LogP contribution in [0.4, 0.5) is 0 Å². The minimum Gasteiger partial charge on any atom is -0.544 e. The zero-order valence-corrected chi connectivity index (χ0v) is 11.8. The Bertz CT molecular complexity index is 353. The first-order valence-electron chi connectivity index (χ1n) is 6.15. The van der Waals surface area contributed by atoms with Crippen molar-refractivity contribution in [3.05, 3.63) is 29.8 Å². The second kappa shape index (κ2) is 5.21. The van der Waals surface area contributed by atoms with Gasteiger partial charge in [0.15, 0.2) is 0 Å². The molecule has 1 N–H and O–H groups in total. The summed E-state index contributed by atoms with van der Waals surface area (Å²) in [6, 6.07) is 8.70. The summed E-state index contributed by atoms with van der Waals surface area (Å²) < 4.78 is 11.4. The van der Waals surface area contributed by atoms with Gasteiger partial charge in [-0.15, -0.1) is 0 Å². The van der Waals surface area contributed by atoms with Crippen molar-refractivity contribution in [2.45, 2.75) is 25.7 Å². The Balaban J connectivity index is 2.02. The summed E-state index contributed by atoms with van der Waals surface area (Å²) in [5.74, 6) is 0.977. The third-order valence-corrected chi connectivity index (χ3v) is 3.48. The van der Waals surface area contributed by atoms with Crippen LogP contribution in [0.25, 0.3) is 0 Å². The summed E-state index contributed by atoms with van der Waals surface area (Å²) in [5.41, 5.74) is 1.27. The van der Waals surface area contributed by atoms with Gasteiger partial charge in [0, 0.05) is 6.54 Å². The molecule has 3 nitrogen and oxygen atoms in total. The van der Waals surface area contributed by atoms with Crippen molar-refractivity contribution in [1.29, 1.82) is 0 Å². The molecule has 4 heteroatoms. The highest BCUT2D eigenvalue weighted by Crippen LogP contribution is 2.21. The van der Waals surface area contributed by atoms with Crippen LogP contribution in [0.15, 0.2) is 24.3 Å². The normalized spacial score (nSPS) is 21.2. The number of benzene rings is 1. The van der Waals surface area contributed by atoms with Gasteiger partial charge in [-0.25, -0.2) is 0 Å². The summed E-state index contributed by atoms with van der Waals surface area (Å²) in [7, 11) is -1.50. The molecule has 0 aliphatic carbocycles. The predicted octanol–water partition coefficient (Wildman–Crippen LogP) is 2.56. The first-order chi connectivity index (χ1) is 8.04. The minimum absolute atomic E-state index is 0.324. The van der Waals surface area contributed by atoms with Crippen LogP contribution in [0.2, 0.25) is 19.6 Å². The number of hydrogen-bond donors (Lipinski definition) is 1. The lowest BCUT2D eigenvalue weighted by Crippen LogP contribution is -2.34. The van der Waals surface area contributed by atoms with Crippen LogP contribution in [-0.4, -0.2) is 28.1 Å². The summed E-state index contributed by atoms with van der Waals surface area (Å²) in [6.07, 6.45) is 0. The Hall–Kier alpha value is -0.843. The number of nitrogens with one attached hydrogen (secondary N) is 1. The minimum atomic E-state index is -1.50. The van der Waals surface area contributed by atoms with Crippen molar-refractivity contribution < 1.29 is 9.16 Å². The zero-order chi connectivity index (χ0) is 12.3. The second-order valence-corrected chi connectivity index (χ2v) is 9.79. The lowest BCUT2D eigenvalue weighted by atomic mass is 10.1. The van der Waals surface area contributed by atoms with Crippen LogP contribution in [0.3, 0.4) is 0 Å². The van der Waals surface area contributed by atoms with Gasteiger partial charge >= 0.3 is 0 Å². The fourth-order valence-electron chi connectivity index (χ4n) is 1.90. The number of morpholine rings is 1. The molecule has 1 heterocycles. The quantitative estimate of drug-likeness (QED) is 0.838. The van der Waals surface area contributed by atoms with Crippen molar-refractivity contribution >= 4 is 8.32 Å². The summed E-state index contributed by atoms with van der Waals surface area (Å²) in [4.78, 5) is 0. The molecule has 1 saturated heterocycles. The highest BCUT2D eigenvalue weighted by atomic mass is 28.4. The van der Waals surface area contributed by atoms with Gasteiger partial charge < -0.3 is 14.5 Å². The van der Waals surface area contributed by atoms with Gasteiger partial charge in [0.05, 0.1) is 19.3 Å². The average Bonchev–Trinajstić information content (AvgIpc) is 2.29. The lowest BCUT2D eigenvalue weighted by molar-refractivity contribution is 0.0769. The molecule has 0 bridgehead atoms. The summed E-state index contributed by atoms with van der Waals surface area (Å²) in [6.45, 7) is 9.08. The van der Waals surface area contributed by atoms with Gasteiger partial charge in [0.1, 0.15) is 5.75 Å². The molecular formula is C13H21NO2Si. The number of hydrogen-bond acceptors (Lipinski definition) is 3. The smallest absolute Gasteiger partial charge is 0.242 e. The SMILES string of the molecule is C[Si](C)(C)Oc1ccc(C2COCCN2)cc1. The van der Waals surface area contributed by atoms with Crippen molar-refractivity contribution in [3.63, 3.8) is 0 Å². The Labute approximate surface area is 104 Å². The molecule has 0 radical (unpaired) electrons. The van der Waals surface area contributed by atoms with Gasteiger partial charge in [-0.2, -0.15) is 0 Å². The maximum Gasteiger partial charge on any atom is 0.242 e. The van der Waals surface area contributed by atoms with E-state index in [0.717, 1.165) is 25.5 Å². The molecular weight excluding hydrogens is 230 g/mol. The third-order valence-electron chi connectivity index (χ3n) is 2.63. The molecule has 0 amide bonds. The van der Waals surface area contributed by atoms with Crippen LogP contribution < -0.4 is 9.74 Å². The second-order valence-electron chi connectivity index (χ2n) is 5.37. The van der Waals surface area contributed by atoms with E-state index in [1.807, 2.05) is 0 Å². The molecule has 1 unspecified atom stereocenters. The first kappa shape index (κ1) is 12.6. The molecule has 1 aromatic carbocycles. The highest BCUT2D eigenvalue weighted by Gasteiger charge is 2.17. The largest absolute Gasteiger partial charge is 0.544 e. The fourth-order valence-corrected chi connectivity index (χ4v) is 2.74. The summed E-state index contributed by atoms with van der Waals surface area (Å²) >= 11 is 0. The highest BCUT2D eigenvalue weighted by molar-refractivity contribution is 6.70.